The second-order valence-electron chi connectivity index (χ2n) is 13.8. The van der Waals surface area contributed by atoms with Crippen LogP contribution in [0.5, 0.6) is 0 Å². The minimum Gasteiger partial charge on any atom is -0.449 e. The molecule has 0 spiro atoms. The van der Waals surface area contributed by atoms with Gasteiger partial charge in [0.05, 0.1) is 0 Å². The van der Waals surface area contributed by atoms with E-state index in [0.29, 0.717) is 0 Å². The SMILES string of the molecule is C[Si](C)(/C=C/[Si](c1ccccc1)(c1ccccc1)c1ccccc1)O[Si](C)(C)/C=C/[Si](c1ccccc1)(c1ccccc1)c1ccccc1. The monoisotopic (exact) mass is 702 g/mol. The van der Waals surface area contributed by atoms with Crippen LogP contribution in [0.3, 0.4) is 0 Å². The van der Waals surface area contributed by atoms with Crippen LogP contribution in [-0.4, -0.2) is 32.8 Å². The first-order valence-electron chi connectivity index (χ1n) is 17.2. The van der Waals surface area contributed by atoms with Gasteiger partial charge in [0.15, 0.2) is 32.8 Å². The normalized spacial score (nSPS) is 12.8. The highest BCUT2D eigenvalue weighted by molar-refractivity contribution is 7.16. The van der Waals surface area contributed by atoms with Crippen molar-refractivity contribution in [2.24, 2.45) is 0 Å². The maximum Gasteiger partial charge on any atom is 0.198 e. The molecule has 1 nitrogen and oxygen atoms in total. The highest BCUT2D eigenvalue weighted by atomic mass is 28.4. The zero-order valence-electron chi connectivity index (χ0n) is 29.0. The van der Waals surface area contributed by atoms with E-state index in [9.17, 15) is 0 Å². The average molecular weight is 703 g/mol. The summed E-state index contributed by atoms with van der Waals surface area (Å²) < 4.78 is 7.38. The van der Waals surface area contributed by atoms with Crippen molar-refractivity contribution < 1.29 is 4.12 Å². The zero-order chi connectivity index (χ0) is 34.2. The summed E-state index contributed by atoms with van der Waals surface area (Å²) in [6.07, 6.45) is 0. The van der Waals surface area contributed by atoms with E-state index < -0.39 is 32.8 Å². The Bertz CT molecular complexity index is 1620. The molecule has 0 radical (unpaired) electrons. The van der Waals surface area contributed by atoms with Crippen molar-refractivity contribution in [1.82, 2.24) is 0 Å². The Morgan fingerprint density at radius 1 is 0.286 bits per heavy atom. The van der Waals surface area contributed by atoms with E-state index in [2.05, 4.69) is 231 Å². The van der Waals surface area contributed by atoms with Crippen LogP contribution in [0.4, 0.5) is 0 Å². The van der Waals surface area contributed by atoms with Gasteiger partial charge < -0.3 is 4.12 Å². The molecule has 0 heterocycles. The molecular formula is C44H46OSi4. The third-order valence-electron chi connectivity index (χ3n) is 9.37. The smallest absolute Gasteiger partial charge is 0.198 e. The molecule has 0 fully saturated rings. The fourth-order valence-electron chi connectivity index (χ4n) is 7.18. The van der Waals surface area contributed by atoms with Gasteiger partial charge in [-0.3, -0.25) is 0 Å². The molecule has 0 aliphatic carbocycles. The van der Waals surface area contributed by atoms with Gasteiger partial charge in [-0.25, -0.2) is 0 Å². The zero-order valence-corrected chi connectivity index (χ0v) is 33.0. The molecule has 244 valence electrons. The minimum atomic E-state index is -2.51. The maximum absolute atomic E-state index is 7.38. The first-order valence-corrected chi connectivity index (χ1v) is 27.3. The Balaban J connectivity index is 1.42. The van der Waals surface area contributed by atoms with Crippen LogP contribution in [0.1, 0.15) is 0 Å². The van der Waals surface area contributed by atoms with Crippen molar-refractivity contribution >= 4 is 63.9 Å². The molecular weight excluding hydrogens is 657 g/mol. The van der Waals surface area contributed by atoms with Crippen molar-refractivity contribution in [3.05, 3.63) is 205 Å². The predicted molar refractivity (Wildman–Crippen MR) is 222 cm³/mol. The van der Waals surface area contributed by atoms with Crippen LogP contribution >= 0.6 is 0 Å². The van der Waals surface area contributed by atoms with Crippen molar-refractivity contribution in [3.8, 4) is 0 Å². The lowest BCUT2D eigenvalue weighted by molar-refractivity contribution is 0.571. The van der Waals surface area contributed by atoms with E-state index in [1.165, 1.54) is 31.1 Å². The number of rotatable bonds is 12. The molecule has 0 N–H and O–H groups in total. The molecule has 0 amide bonds. The Kier molecular flexibility index (Phi) is 10.6. The molecule has 0 saturated heterocycles. The fraction of sp³-hybridized carbons (Fsp3) is 0.0909. The molecule has 0 saturated carbocycles. The van der Waals surface area contributed by atoms with E-state index in [1.807, 2.05) is 0 Å². The van der Waals surface area contributed by atoms with Crippen LogP contribution in [0, 0.1) is 0 Å². The maximum atomic E-state index is 7.38. The molecule has 0 aliphatic rings. The quantitative estimate of drug-likeness (QED) is 0.0985. The van der Waals surface area contributed by atoms with Gasteiger partial charge in [-0.05, 0) is 57.3 Å². The highest BCUT2D eigenvalue weighted by Gasteiger charge is 2.40. The van der Waals surface area contributed by atoms with E-state index in [-0.39, 0.29) is 0 Å². The van der Waals surface area contributed by atoms with Crippen molar-refractivity contribution in [2.75, 3.05) is 0 Å². The Hall–Kier alpha value is -4.37. The molecule has 6 aromatic carbocycles. The van der Waals surface area contributed by atoms with Crippen LogP contribution < -0.4 is 31.1 Å². The van der Waals surface area contributed by atoms with Gasteiger partial charge in [-0.2, -0.15) is 0 Å². The third-order valence-corrected chi connectivity index (χ3v) is 25.0. The highest BCUT2D eigenvalue weighted by Crippen LogP contribution is 2.21. The lowest BCUT2D eigenvalue weighted by atomic mass is 10.3. The Morgan fingerprint density at radius 3 is 0.653 bits per heavy atom. The summed E-state index contributed by atoms with van der Waals surface area (Å²) in [4.78, 5) is 0. The van der Waals surface area contributed by atoms with Gasteiger partial charge in [-0.15, -0.1) is 0 Å². The summed E-state index contributed by atoms with van der Waals surface area (Å²) in [5.41, 5.74) is 10.1. The van der Waals surface area contributed by atoms with Gasteiger partial charge in [0.1, 0.15) is 0 Å². The van der Waals surface area contributed by atoms with Gasteiger partial charge in [0, 0.05) is 0 Å². The first kappa shape index (κ1) is 34.5. The summed E-state index contributed by atoms with van der Waals surface area (Å²) in [5, 5.41) is 8.30. The largest absolute Gasteiger partial charge is 0.449 e. The van der Waals surface area contributed by atoms with Crippen molar-refractivity contribution in [2.45, 2.75) is 26.2 Å². The summed E-state index contributed by atoms with van der Waals surface area (Å²) in [6, 6.07) is 66.6. The summed E-state index contributed by atoms with van der Waals surface area (Å²) in [5.74, 6) is 0. The van der Waals surface area contributed by atoms with Crippen molar-refractivity contribution in [1.29, 1.82) is 0 Å². The van der Waals surface area contributed by atoms with Gasteiger partial charge in [0.25, 0.3) is 0 Å². The number of hydrogen-bond acceptors (Lipinski definition) is 1. The number of hydrogen-bond donors (Lipinski definition) is 0. The average Bonchev–Trinajstić information content (AvgIpc) is 3.14. The van der Waals surface area contributed by atoms with Crippen LogP contribution in [0.25, 0.3) is 0 Å². The Labute approximate surface area is 297 Å². The fourth-order valence-corrected chi connectivity index (χ4v) is 25.8. The predicted octanol–water partition coefficient (Wildman–Crippen LogP) is 7.02. The lowest BCUT2D eigenvalue weighted by Crippen LogP contribution is -2.66. The Morgan fingerprint density at radius 2 is 0.469 bits per heavy atom. The lowest BCUT2D eigenvalue weighted by Gasteiger charge is -2.35. The molecule has 0 unspecified atom stereocenters. The second-order valence-corrected chi connectivity index (χ2v) is 29.0. The third kappa shape index (κ3) is 7.62. The molecule has 6 aromatic rings. The van der Waals surface area contributed by atoms with E-state index in [4.69, 9.17) is 4.12 Å². The molecule has 49 heavy (non-hydrogen) atoms. The summed E-state index contributed by atoms with van der Waals surface area (Å²) >= 11 is 0. The number of benzene rings is 6. The van der Waals surface area contributed by atoms with Crippen molar-refractivity contribution in [3.63, 3.8) is 0 Å². The topological polar surface area (TPSA) is 9.23 Å². The van der Waals surface area contributed by atoms with E-state index in [0.717, 1.165) is 0 Å². The summed E-state index contributed by atoms with van der Waals surface area (Å²) in [7, 11) is -9.63. The molecule has 5 heteroatoms. The van der Waals surface area contributed by atoms with E-state index in [1.54, 1.807) is 0 Å². The molecule has 0 atom stereocenters. The molecule has 6 rings (SSSR count). The van der Waals surface area contributed by atoms with Gasteiger partial charge in [0.2, 0.25) is 0 Å². The molecule has 0 aromatic heterocycles. The standard InChI is InChI=1S/C44H46OSi4/c1-46(2,35-37-48(39-23-11-5-12-24-39,40-25-13-6-14-26-40)41-27-15-7-16-28-41)45-47(3,4)36-38-49(42-29-17-8-18-30-42,43-31-19-9-20-32-43)44-33-21-10-22-34-44/h5-38H,1-4H3/b37-35+,38-36+. The second kappa shape index (κ2) is 15.0. The molecule has 0 aliphatic heterocycles. The van der Waals surface area contributed by atoms with Gasteiger partial charge in [-0.1, -0.05) is 205 Å². The van der Waals surface area contributed by atoms with Crippen LogP contribution in [0.2, 0.25) is 26.2 Å². The van der Waals surface area contributed by atoms with E-state index >= 15 is 0 Å². The summed E-state index contributed by atoms with van der Waals surface area (Å²) in [6.45, 7) is 9.45. The molecule has 0 bridgehead atoms. The van der Waals surface area contributed by atoms with Gasteiger partial charge >= 0.3 is 0 Å². The van der Waals surface area contributed by atoms with Crippen LogP contribution in [-0.2, 0) is 4.12 Å². The minimum absolute atomic E-state index is 1.38. The first-order chi connectivity index (χ1) is 23.8. The van der Waals surface area contributed by atoms with Crippen LogP contribution in [0.15, 0.2) is 205 Å².